The number of nitrogens with one attached hydrogen (secondary N) is 4. The standard InChI is InChI=1S/C18H23ClN4O3S/c1-2-7-20-15(24)8-13-9-16(25)23-18(22-13)27-11-17(26)21-10-12-5-3-4-6-14(12)19/h2-6,13,18,22H,1,7-11H2,(H,20,24)(H,21,26)(H,23,25). The first kappa shape index (κ1) is 21.3. The minimum Gasteiger partial charge on any atom is -0.353 e. The van der Waals surface area contributed by atoms with Gasteiger partial charge in [-0.1, -0.05) is 35.9 Å². The Kier molecular flexibility index (Phi) is 8.63. The van der Waals surface area contributed by atoms with Gasteiger partial charge in [0, 0.05) is 37.0 Å². The van der Waals surface area contributed by atoms with Crippen LogP contribution in [0.3, 0.4) is 0 Å². The van der Waals surface area contributed by atoms with Crippen LogP contribution >= 0.6 is 23.4 Å². The van der Waals surface area contributed by atoms with Gasteiger partial charge in [-0.3, -0.25) is 19.7 Å². The lowest BCUT2D eigenvalue weighted by atomic mass is 10.1. The first-order valence-corrected chi connectivity index (χ1v) is 9.95. The van der Waals surface area contributed by atoms with E-state index in [0.717, 1.165) is 5.56 Å². The van der Waals surface area contributed by atoms with Crippen molar-refractivity contribution in [1.29, 1.82) is 0 Å². The zero-order valence-corrected chi connectivity index (χ0v) is 16.4. The largest absolute Gasteiger partial charge is 0.353 e. The van der Waals surface area contributed by atoms with E-state index in [9.17, 15) is 14.4 Å². The summed E-state index contributed by atoms with van der Waals surface area (Å²) in [5.41, 5.74) is 0.418. The van der Waals surface area contributed by atoms with E-state index in [2.05, 4.69) is 27.8 Å². The summed E-state index contributed by atoms with van der Waals surface area (Å²) in [5.74, 6) is -0.299. The fourth-order valence-electron chi connectivity index (χ4n) is 2.49. The van der Waals surface area contributed by atoms with E-state index >= 15 is 0 Å². The van der Waals surface area contributed by atoms with Gasteiger partial charge in [0.1, 0.15) is 5.50 Å². The van der Waals surface area contributed by atoms with Gasteiger partial charge >= 0.3 is 0 Å². The number of rotatable bonds is 9. The summed E-state index contributed by atoms with van der Waals surface area (Å²) in [7, 11) is 0. The molecule has 27 heavy (non-hydrogen) atoms. The Hall–Kier alpha value is -2.03. The summed E-state index contributed by atoms with van der Waals surface area (Å²) in [4.78, 5) is 35.7. The Bertz CT molecular complexity index is 701. The molecule has 2 unspecified atom stereocenters. The van der Waals surface area contributed by atoms with Crippen molar-refractivity contribution in [2.75, 3.05) is 12.3 Å². The zero-order valence-electron chi connectivity index (χ0n) is 14.8. The van der Waals surface area contributed by atoms with Crippen molar-refractivity contribution in [1.82, 2.24) is 21.3 Å². The Morgan fingerprint density at radius 2 is 2.07 bits per heavy atom. The van der Waals surface area contributed by atoms with Gasteiger partial charge in [-0.15, -0.1) is 18.3 Å². The maximum atomic E-state index is 12.0. The topological polar surface area (TPSA) is 99.3 Å². The van der Waals surface area contributed by atoms with Crippen LogP contribution in [0.25, 0.3) is 0 Å². The van der Waals surface area contributed by atoms with Gasteiger partial charge in [-0.05, 0) is 11.6 Å². The van der Waals surface area contributed by atoms with Crippen LogP contribution in [-0.4, -0.2) is 41.6 Å². The van der Waals surface area contributed by atoms with Crippen LogP contribution in [0, 0.1) is 0 Å². The third-order valence-electron chi connectivity index (χ3n) is 3.80. The molecule has 7 nitrogen and oxygen atoms in total. The SMILES string of the molecule is C=CCNC(=O)CC1CC(=O)NC(SCC(=O)NCc2ccccc2Cl)N1. The van der Waals surface area contributed by atoms with Gasteiger partial charge in [0.15, 0.2) is 0 Å². The molecule has 4 N–H and O–H groups in total. The fraction of sp³-hybridized carbons (Fsp3) is 0.389. The van der Waals surface area contributed by atoms with Crippen molar-refractivity contribution in [2.24, 2.45) is 0 Å². The Labute approximate surface area is 167 Å². The van der Waals surface area contributed by atoms with Crippen LogP contribution in [0.2, 0.25) is 5.02 Å². The molecule has 2 atom stereocenters. The van der Waals surface area contributed by atoms with Crippen LogP contribution in [-0.2, 0) is 20.9 Å². The summed E-state index contributed by atoms with van der Waals surface area (Å²) in [6, 6.07) is 7.03. The van der Waals surface area contributed by atoms with Gasteiger partial charge in [0.05, 0.1) is 5.75 Å². The number of carbonyl (C=O) groups is 3. The van der Waals surface area contributed by atoms with Crippen molar-refractivity contribution in [3.05, 3.63) is 47.5 Å². The quantitative estimate of drug-likeness (QED) is 0.457. The van der Waals surface area contributed by atoms with Crippen molar-refractivity contribution in [3.8, 4) is 0 Å². The van der Waals surface area contributed by atoms with Crippen LogP contribution < -0.4 is 21.3 Å². The number of hydrogen-bond donors (Lipinski definition) is 4. The molecule has 1 fully saturated rings. The lowest BCUT2D eigenvalue weighted by molar-refractivity contribution is -0.125. The predicted octanol–water partition coefficient (Wildman–Crippen LogP) is 1.14. The second-order valence-corrected chi connectivity index (χ2v) is 7.49. The van der Waals surface area contributed by atoms with E-state index < -0.39 is 5.50 Å². The summed E-state index contributed by atoms with van der Waals surface area (Å²) in [5, 5.41) is 12.0. The number of benzene rings is 1. The minimum absolute atomic E-state index is 0.149. The van der Waals surface area contributed by atoms with Crippen LogP contribution in [0.15, 0.2) is 36.9 Å². The highest BCUT2D eigenvalue weighted by atomic mass is 35.5. The number of thioether (sulfide) groups is 1. The maximum Gasteiger partial charge on any atom is 0.230 e. The van der Waals surface area contributed by atoms with E-state index in [-0.39, 0.29) is 42.4 Å². The molecule has 0 aromatic heterocycles. The lowest BCUT2D eigenvalue weighted by Crippen LogP contribution is -2.56. The Morgan fingerprint density at radius 3 is 2.81 bits per heavy atom. The molecule has 0 bridgehead atoms. The highest BCUT2D eigenvalue weighted by molar-refractivity contribution is 8.00. The molecule has 0 saturated carbocycles. The molecule has 1 aliphatic rings. The molecule has 0 aliphatic carbocycles. The molecule has 0 radical (unpaired) electrons. The predicted molar refractivity (Wildman–Crippen MR) is 107 cm³/mol. The molecular weight excluding hydrogens is 388 g/mol. The van der Waals surface area contributed by atoms with Crippen molar-refractivity contribution >= 4 is 41.1 Å². The van der Waals surface area contributed by atoms with E-state index in [1.807, 2.05) is 18.2 Å². The molecule has 0 spiro atoms. The third kappa shape index (κ3) is 7.62. The van der Waals surface area contributed by atoms with Crippen LogP contribution in [0.4, 0.5) is 0 Å². The van der Waals surface area contributed by atoms with Crippen molar-refractivity contribution in [2.45, 2.75) is 30.9 Å². The maximum absolute atomic E-state index is 12.0. The molecule has 1 saturated heterocycles. The molecule has 1 aromatic carbocycles. The molecule has 1 heterocycles. The fourth-order valence-corrected chi connectivity index (χ4v) is 3.62. The summed E-state index contributed by atoms with van der Waals surface area (Å²) < 4.78 is 0. The molecule has 1 aliphatic heterocycles. The average Bonchev–Trinajstić information content (AvgIpc) is 2.63. The molecule has 146 valence electrons. The zero-order chi connectivity index (χ0) is 19.6. The van der Waals surface area contributed by atoms with E-state index in [1.165, 1.54) is 11.8 Å². The molecule has 2 rings (SSSR count). The molecule has 9 heteroatoms. The molecular formula is C18H23ClN4O3S. The molecule has 1 aromatic rings. The first-order chi connectivity index (χ1) is 13.0. The minimum atomic E-state index is -0.422. The second kappa shape index (κ2) is 11.0. The van der Waals surface area contributed by atoms with Gasteiger partial charge in [0.25, 0.3) is 0 Å². The van der Waals surface area contributed by atoms with Gasteiger partial charge in [-0.2, -0.15) is 0 Å². The first-order valence-electron chi connectivity index (χ1n) is 8.52. The highest BCUT2D eigenvalue weighted by Crippen LogP contribution is 2.16. The lowest BCUT2D eigenvalue weighted by Gasteiger charge is -2.30. The van der Waals surface area contributed by atoms with E-state index in [4.69, 9.17) is 11.6 Å². The van der Waals surface area contributed by atoms with Gasteiger partial charge in [0.2, 0.25) is 17.7 Å². The van der Waals surface area contributed by atoms with Gasteiger partial charge in [-0.25, -0.2) is 0 Å². The highest BCUT2D eigenvalue weighted by Gasteiger charge is 2.27. The number of hydrogen-bond acceptors (Lipinski definition) is 5. The second-order valence-electron chi connectivity index (χ2n) is 5.99. The number of halogens is 1. The van der Waals surface area contributed by atoms with Crippen molar-refractivity contribution < 1.29 is 14.4 Å². The Morgan fingerprint density at radius 1 is 1.30 bits per heavy atom. The normalized spacial score (nSPS) is 19.1. The number of amides is 3. The Balaban J connectivity index is 1.74. The number of carbonyl (C=O) groups excluding carboxylic acids is 3. The summed E-state index contributed by atoms with van der Waals surface area (Å²) >= 11 is 7.32. The molecule has 3 amide bonds. The van der Waals surface area contributed by atoms with E-state index in [0.29, 0.717) is 18.1 Å². The monoisotopic (exact) mass is 410 g/mol. The van der Waals surface area contributed by atoms with Crippen molar-refractivity contribution in [3.63, 3.8) is 0 Å². The summed E-state index contributed by atoms with van der Waals surface area (Å²) in [6.07, 6.45) is 2.01. The average molecular weight is 411 g/mol. The van der Waals surface area contributed by atoms with Crippen LogP contribution in [0.1, 0.15) is 18.4 Å². The summed E-state index contributed by atoms with van der Waals surface area (Å²) in [6.45, 7) is 4.27. The van der Waals surface area contributed by atoms with Gasteiger partial charge < -0.3 is 16.0 Å². The smallest absolute Gasteiger partial charge is 0.230 e. The van der Waals surface area contributed by atoms with Crippen LogP contribution in [0.5, 0.6) is 0 Å². The third-order valence-corrected chi connectivity index (χ3v) is 5.19. The van der Waals surface area contributed by atoms with E-state index in [1.54, 1.807) is 12.1 Å².